The van der Waals surface area contributed by atoms with Crippen LogP contribution in [0.15, 0.2) is 0 Å². The molecule has 2 amide bonds. The maximum atomic E-state index is 11.2. The third-order valence-corrected chi connectivity index (χ3v) is 3.13. The molecule has 1 rings (SSSR count). The van der Waals surface area contributed by atoms with Gasteiger partial charge in [-0.2, -0.15) is 0 Å². The fraction of sp³-hybridized carbons (Fsp3) is 0.778. The SMILES string of the molecule is CC(=O)N1C[C@@H](N)[C@@H](N(CC(Cl)(Cl)Cl)C(=O)O)C1. The van der Waals surface area contributed by atoms with Crippen LogP contribution in [0.1, 0.15) is 6.92 Å². The zero-order valence-electron chi connectivity index (χ0n) is 9.65. The van der Waals surface area contributed by atoms with Gasteiger partial charge in [0.25, 0.3) is 0 Å². The zero-order chi connectivity index (χ0) is 14.1. The molecule has 0 bridgehead atoms. The Kier molecular flexibility index (Phi) is 4.94. The smallest absolute Gasteiger partial charge is 0.407 e. The molecule has 0 radical (unpaired) electrons. The van der Waals surface area contributed by atoms with Gasteiger partial charge in [-0.25, -0.2) is 4.79 Å². The number of hydrogen-bond acceptors (Lipinski definition) is 3. The Hall–Kier alpha value is -0.430. The van der Waals surface area contributed by atoms with Crippen molar-refractivity contribution in [2.75, 3.05) is 19.6 Å². The number of carbonyl (C=O) groups excluding carboxylic acids is 1. The number of amides is 2. The van der Waals surface area contributed by atoms with Crippen molar-refractivity contribution in [3.05, 3.63) is 0 Å². The molecular weight excluding hydrogens is 304 g/mol. The van der Waals surface area contributed by atoms with Crippen molar-refractivity contribution in [1.82, 2.24) is 9.80 Å². The number of carbonyl (C=O) groups is 2. The van der Waals surface area contributed by atoms with E-state index in [4.69, 9.17) is 45.6 Å². The van der Waals surface area contributed by atoms with E-state index in [-0.39, 0.29) is 19.0 Å². The highest BCUT2D eigenvalue weighted by Crippen LogP contribution is 2.29. The summed E-state index contributed by atoms with van der Waals surface area (Å²) in [5, 5.41) is 9.13. The topological polar surface area (TPSA) is 86.9 Å². The van der Waals surface area contributed by atoms with E-state index in [1.165, 1.54) is 11.8 Å². The Morgan fingerprint density at radius 1 is 1.44 bits per heavy atom. The Morgan fingerprint density at radius 2 is 2.00 bits per heavy atom. The average Bonchev–Trinajstić information content (AvgIpc) is 2.55. The molecule has 0 aliphatic carbocycles. The second-order valence-corrected chi connectivity index (χ2v) is 6.70. The van der Waals surface area contributed by atoms with Crippen molar-refractivity contribution in [2.45, 2.75) is 22.8 Å². The molecule has 0 aromatic rings. The molecule has 0 aromatic carbocycles. The molecule has 9 heteroatoms. The predicted molar refractivity (Wildman–Crippen MR) is 69.0 cm³/mol. The van der Waals surface area contributed by atoms with Gasteiger partial charge in [-0.3, -0.25) is 9.69 Å². The Labute approximate surface area is 120 Å². The molecule has 18 heavy (non-hydrogen) atoms. The van der Waals surface area contributed by atoms with E-state index in [1.54, 1.807) is 0 Å². The van der Waals surface area contributed by atoms with Gasteiger partial charge in [0.05, 0.1) is 12.6 Å². The predicted octanol–water partition coefficient (Wildman–Crippen LogP) is 0.895. The highest BCUT2D eigenvalue weighted by atomic mass is 35.6. The monoisotopic (exact) mass is 317 g/mol. The fourth-order valence-corrected chi connectivity index (χ4v) is 2.30. The van der Waals surface area contributed by atoms with Crippen molar-refractivity contribution in [1.29, 1.82) is 0 Å². The van der Waals surface area contributed by atoms with Crippen molar-refractivity contribution in [3.8, 4) is 0 Å². The lowest BCUT2D eigenvalue weighted by Crippen LogP contribution is -2.52. The summed E-state index contributed by atoms with van der Waals surface area (Å²) >= 11 is 16.8. The Bertz CT molecular complexity index is 348. The van der Waals surface area contributed by atoms with Crippen molar-refractivity contribution < 1.29 is 14.7 Å². The van der Waals surface area contributed by atoms with Crippen LogP contribution in [0, 0.1) is 0 Å². The van der Waals surface area contributed by atoms with E-state index in [0.717, 1.165) is 4.90 Å². The maximum absolute atomic E-state index is 11.2. The molecule has 1 fully saturated rings. The largest absolute Gasteiger partial charge is 0.465 e. The van der Waals surface area contributed by atoms with Gasteiger partial charge in [0, 0.05) is 26.1 Å². The molecule has 1 aliphatic heterocycles. The number of hydrogen-bond donors (Lipinski definition) is 2. The van der Waals surface area contributed by atoms with E-state index < -0.39 is 22.0 Å². The van der Waals surface area contributed by atoms with Gasteiger partial charge in [-0.1, -0.05) is 34.8 Å². The van der Waals surface area contributed by atoms with Crippen LogP contribution in [0.4, 0.5) is 4.79 Å². The summed E-state index contributed by atoms with van der Waals surface area (Å²) in [6.45, 7) is 1.61. The number of halogens is 3. The average molecular weight is 319 g/mol. The summed E-state index contributed by atoms with van der Waals surface area (Å²) in [6, 6.07) is -1.06. The van der Waals surface area contributed by atoms with Crippen LogP contribution < -0.4 is 5.73 Å². The molecule has 2 atom stereocenters. The summed E-state index contributed by atoms with van der Waals surface area (Å²) in [5.41, 5.74) is 5.84. The van der Waals surface area contributed by atoms with Crippen molar-refractivity contribution in [2.24, 2.45) is 5.73 Å². The van der Waals surface area contributed by atoms with E-state index >= 15 is 0 Å². The summed E-state index contributed by atoms with van der Waals surface area (Å²) in [7, 11) is 0. The van der Waals surface area contributed by atoms with Gasteiger partial charge in [0.15, 0.2) is 0 Å². The van der Waals surface area contributed by atoms with Crippen LogP contribution in [0.25, 0.3) is 0 Å². The lowest BCUT2D eigenvalue weighted by molar-refractivity contribution is -0.128. The van der Waals surface area contributed by atoms with Crippen LogP contribution in [0.3, 0.4) is 0 Å². The Morgan fingerprint density at radius 3 is 2.33 bits per heavy atom. The molecule has 1 saturated heterocycles. The van der Waals surface area contributed by atoms with Crippen LogP contribution in [0.2, 0.25) is 0 Å². The highest BCUT2D eigenvalue weighted by molar-refractivity contribution is 6.67. The standard InChI is InChI=1S/C9H14Cl3N3O3/c1-5(16)14-2-6(13)7(3-14)15(8(17)18)4-9(10,11)12/h6-7H,2-4,13H2,1H3,(H,17,18)/t6-,7+/m1/s1. The minimum absolute atomic E-state index is 0.160. The second-order valence-electron chi connectivity index (χ2n) is 4.18. The van der Waals surface area contributed by atoms with Crippen LogP contribution in [-0.2, 0) is 4.79 Å². The second kappa shape index (κ2) is 5.69. The molecule has 1 aliphatic rings. The number of nitrogens with zero attached hydrogens (tertiary/aromatic N) is 2. The molecular formula is C9H14Cl3N3O3. The lowest BCUT2D eigenvalue weighted by atomic mass is 10.1. The van der Waals surface area contributed by atoms with E-state index in [1.807, 2.05) is 0 Å². The first-order chi connectivity index (χ1) is 8.11. The number of alkyl halides is 3. The molecule has 3 N–H and O–H groups in total. The molecule has 0 aromatic heterocycles. The minimum atomic E-state index is -1.72. The fourth-order valence-electron chi connectivity index (χ4n) is 1.92. The first-order valence-electron chi connectivity index (χ1n) is 5.19. The molecule has 6 nitrogen and oxygen atoms in total. The molecule has 0 unspecified atom stereocenters. The van der Waals surface area contributed by atoms with E-state index in [0.29, 0.717) is 6.54 Å². The Balaban J connectivity index is 2.81. The van der Waals surface area contributed by atoms with Crippen LogP contribution in [-0.4, -0.2) is 62.4 Å². The van der Waals surface area contributed by atoms with Gasteiger partial charge in [0.1, 0.15) is 0 Å². The zero-order valence-corrected chi connectivity index (χ0v) is 11.9. The number of carboxylic acid groups (broad SMARTS) is 1. The quantitative estimate of drug-likeness (QED) is 0.740. The number of likely N-dealkylation sites (tertiary alicyclic amines) is 1. The first-order valence-corrected chi connectivity index (χ1v) is 6.32. The summed E-state index contributed by atoms with van der Waals surface area (Å²) < 4.78 is -1.72. The van der Waals surface area contributed by atoms with Gasteiger partial charge < -0.3 is 15.7 Å². The minimum Gasteiger partial charge on any atom is -0.465 e. The van der Waals surface area contributed by atoms with Crippen LogP contribution in [0.5, 0.6) is 0 Å². The lowest BCUT2D eigenvalue weighted by Gasteiger charge is -2.30. The third kappa shape index (κ3) is 4.05. The van der Waals surface area contributed by atoms with Gasteiger partial charge in [-0.05, 0) is 0 Å². The molecule has 0 spiro atoms. The van der Waals surface area contributed by atoms with Gasteiger partial charge >= 0.3 is 6.09 Å². The maximum Gasteiger partial charge on any atom is 0.407 e. The molecule has 104 valence electrons. The first kappa shape index (κ1) is 15.6. The number of rotatable bonds is 2. The highest BCUT2D eigenvalue weighted by Gasteiger charge is 2.40. The van der Waals surface area contributed by atoms with Crippen LogP contribution >= 0.6 is 34.8 Å². The molecule has 0 saturated carbocycles. The van der Waals surface area contributed by atoms with Gasteiger partial charge in [0.2, 0.25) is 9.70 Å². The summed E-state index contributed by atoms with van der Waals surface area (Å²) in [4.78, 5) is 24.9. The summed E-state index contributed by atoms with van der Waals surface area (Å²) in [5.74, 6) is -0.160. The third-order valence-electron chi connectivity index (χ3n) is 2.77. The van der Waals surface area contributed by atoms with Crippen molar-refractivity contribution in [3.63, 3.8) is 0 Å². The normalized spacial score (nSPS) is 24.2. The molecule has 1 heterocycles. The van der Waals surface area contributed by atoms with E-state index in [9.17, 15) is 9.59 Å². The van der Waals surface area contributed by atoms with E-state index in [2.05, 4.69) is 0 Å². The van der Waals surface area contributed by atoms with Gasteiger partial charge in [-0.15, -0.1) is 0 Å². The summed E-state index contributed by atoms with van der Waals surface area (Å²) in [6.07, 6.45) is -1.23. The number of nitrogens with two attached hydrogens (primary N) is 1. The van der Waals surface area contributed by atoms with Crippen molar-refractivity contribution >= 4 is 46.8 Å².